The van der Waals surface area contributed by atoms with Gasteiger partial charge < -0.3 is 24.3 Å². The molecule has 15 heteroatoms. The number of hydrogen-bond acceptors (Lipinski definition) is 7. The highest BCUT2D eigenvalue weighted by molar-refractivity contribution is 5.94. The lowest BCUT2D eigenvalue weighted by Crippen LogP contribution is -2.50. The van der Waals surface area contributed by atoms with E-state index in [-0.39, 0.29) is 18.4 Å². The van der Waals surface area contributed by atoms with E-state index in [0.29, 0.717) is 75.3 Å². The van der Waals surface area contributed by atoms with Crippen LogP contribution in [0.1, 0.15) is 21.5 Å². The van der Waals surface area contributed by atoms with E-state index >= 15 is 0 Å². The molecule has 2 aliphatic rings. The number of rotatable bonds is 6. The molecule has 0 saturated carbocycles. The second-order valence-electron chi connectivity index (χ2n) is 10.3. The molecular formula is C29H28F6N6O3. The van der Waals surface area contributed by atoms with Crippen molar-refractivity contribution < 1.29 is 40.7 Å². The van der Waals surface area contributed by atoms with Gasteiger partial charge in [-0.2, -0.15) is 26.3 Å². The molecule has 2 aliphatic heterocycles. The molecule has 0 N–H and O–H groups in total. The molecule has 4 heterocycles. The molecule has 9 nitrogen and oxygen atoms in total. The topological polar surface area (TPSA) is 82.1 Å². The van der Waals surface area contributed by atoms with E-state index in [9.17, 15) is 35.9 Å². The van der Waals surface area contributed by atoms with Gasteiger partial charge in [0.15, 0.2) is 6.61 Å². The molecule has 234 valence electrons. The molecule has 0 unspecified atom stereocenters. The van der Waals surface area contributed by atoms with Gasteiger partial charge in [0.05, 0.1) is 11.1 Å². The fourth-order valence-electron chi connectivity index (χ4n) is 4.92. The molecule has 2 aromatic heterocycles. The average Bonchev–Trinajstić information content (AvgIpc) is 3.03. The molecule has 3 aromatic rings. The van der Waals surface area contributed by atoms with Crippen molar-refractivity contribution in [3.63, 3.8) is 0 Å². The first kappa shape index (κ1) is 30.9. The van der Waals surface area contributed by atoms with Crippen molar-refractivity contribution >= 4 is 23.5 Å². The normalized spacial score (nSPS) is 16.2. The Kier molecular flexibility index (Phi) is 8.83. The second-order valence-corrected chi connectivity index (χ2v) is 10.3. The van der Waals surface area contributed by atoms with Crippen LogP contribution in [-0.2, 0) is 17.1 Å². The summed E-state index contributed by atoms with van der Waals surface area (Å²) in [5, 5.41) is 0. The molecule has 0 bridgehead atoms. The van der Waals surface area contributed by atoms with Crippen molar-refractivity contribution in [1.29, 1.82) is 0 Å². The van der Waals surface area contributed by atoms with Crippen molar-refractivity contribution in [3.05, 3.63) is 77.6 Å². The minimum absolute atomic E-state index is 0.201. The maximum atomic E-state index is 13.0. The minimum atomic E-state index is -4.45. The number of anilines is 2. The number of hydrogen-bond donors (Lipinski definition) is 0. The number of carbonyl (C=O) groups excluding carboxylic acids is 2. The molecular weight excluding hydrogens is 594 g/mol. The number of ether oxygens (including phenoxy) is 1. The number of piperazine rings is 2. The molecule has 0 aliphatic carbocycles. The number of benzene rings is 1. The lowest BCUT2D eigenvalue weighted by molar-refractivity contribution is -0.138. The highest BCUT2D eigenvalue weighted by Gasteiger charge is 2.32. The van der Waals surface area contributed by atoms with Crippen LogP contribution in [0.4, 0.5) is 38.0 Å². The average molecular weight is 623 g/mol. The van der Waals surface area contributed by atoms with Gasteiger partial charge in [0.25, 0.3) is 11.8 Å². The standard InChI is InChI=1S/C29H28F6N6O3/c30-28(31,32)21-3-7-24(36-17-21)38-9-13-40(14-10-38)26(42)19-44-23-5-1-20(2-6-23)27(43)41-15-11-39(12-16-41)25-8-4-22(18-37-25)29(33,34)35/h1-8,17-18H,9-16,19H2. The number of halogens is 6. The molecule has 0 atom stereocenters. The smallest absolute Gasteiger partial charge is 0.417 e. The van der Waals surface area contributed by atoms with E-state index in [1.807, 2.05) is 9.80 Å². The van der Waals surface area contributed by atoms with E-state index in [1.165, 1.54) is 12.1 Å². The number of amides is 2. The Bertz CT molecular complexity index is 1430. The third-order valence-corrected chi connectivity index (χ3v) is 7.46. The summed E-state index contributed by atoms with van der Waals surface area (Å²) in [4.78, 5) is 40.4. The van der Waals surface area contributed by atoms with Crippen LogP contribution in [0.25, 0.3) is 0 Å². The van der Waals surface area contributed by atoms with Gasteiger partial charge >= 0.3 is 12.4 Å². The molecule has 0 spiro atoms. The highest BCUT2D eigenvalue weighted by atomic mass is 19.4. The van der Waals surface area contributed by atoms with Crippen LogP contribution in [0.3, 0.4) is 0 Å². The zero-order valence-electron chi connectivity index (χ0n) is 23.3. The van der Waals surface area contributed by atoms with Gasteiger partial charge in [-0.05, 0) is 48.5 Å². The first-order valence-corrected chi connectivity index (χ1v) is 13.7. The SMILES string of the molecule is O=C(COc1ccc(C(=O)N2CCN(c3ccc(C(F)(F)F)cn3)CC2)cc1)N1CCN(c2ccc(C(F)(F)F)cn2)CC1. The molecule has 5 rings (SSSR count). The van der Waals surface area contributed by atoms with E-state index in [4.69, 9.17) is 4.74 Å². The third kappa shape index (κ3) is 7.32. The van der Waals surface area contributed by atoms with Gasteiger partial charge in [0, 0.05) is 70.3 Å². The lowest BCUT2D eigenvalue weighted by atomic mass is 10.1. The predicted octanol–water partition coefficient (Wildman–Crippen LogP) is 4.20. The summed E-state index contributed by atoms with van der Waals surface area (Å²) in [6.45, 7) is 2.91. The molecule has 0 radical (unpaired) electrons. The predicted molar refractivity (Wildman–Crippen MR) is 147 cm³/mol. The van der Waals surface area contributed by atoms with Crippen LogP contribution in [0, 0.1) is 0 Å². The molecule has 1 aromatic carbocycles. The summed E-state index contributed by atoms with van der Waals surface area (Å²) >= 11 is 0. The quantitative estimate of drug-likeness (QED) is 0.382. The van der Waals surface area contributed by atoms with Crippen LogP contribution in [-0.4, -0.2) is 90.5 Å². The van der Waals surface area contributed by atoms with Gasteiger partial charge in [-0.1, -0.05) is 0 Å². The fraction of sp³-hybridized carbons (Fsp3) is 0.379. The zero-order chi connectivity index (χ0) is 31.5. The van der Waals surface area contributed by atoms with Crippen LogP contribution >= 0.6 is 0 Å². The highest BCUT2D eigenvalue weighted by Crippen LogP contribution is 2.30. The Morgan fingerprint density at radius 3 is 1.50 bits per heavy atom. The van der Waals surface area contributed by atoms with E-state index in [1.54, 1.807) is 34.1 Å². The Hall–Kier alpha value is -4.56. The van der Waals surface area contributed by atoms with Crippen LogP contribution < -0.4 is 14.5 Å². The van der Waals surface area contributed by atoms with Crippen LogP contribution in [0.5, 0.6) is 5.75 Å². The monoisotopic (exact) mass is 622 g/mol. The fourth-order valence-corrected chi connectivity index (χ4v) is 4.92. The Labute approximate surface area is 248 Å². The molecule has 2 fully saturated rings. The van der Waals surface area contributed by atoms with Gasteiger partial charge in [-0.15, -0.1) is 0 Å². The van der Waals surface area contributed by atoms with E-state index in [0.717, 1.165) is 24.5 Å². The number of pyridine rings is 2. The number of carbonyl (C=O) groups is 2. The number of aromatic nitrogens is 2. The summed E-state index contributed by atoms with van der Waals surface area (Å²) in [7, 11) is 0. The first-order chi connectivity index (χ1) is 20.9. The molecule has 2 saturated heterocycles. The largest absolute Gasteiger partial charge is 0.484 e. The summed E-state index contributed by atoms with van der Waals surface area (Å²) in [5.74, 6) is 0.785. The van der Waals surface area contributed by atoms with Gasteiger partial charge in [-0.3, -0.25) is 9.59 Å². The van der Waals surface area contributed by atoms with E-state index < -0.39 is 23.5 Å². The van der Waals surface area contributed by atoms with Gasteiger partial charge in [0.2, 0.25) is 0 Å². The van der Waals surface area contributed by atoms with Gasteiger partial charge in [-0.25, -0.2) is 9.97 Å². The molecule has 44 heavy (non-hydrogen) atoms. The van der Waals surface area contributed by atoms with E-state index in [2.05, 4.69) is 9.97 Å². The summed E-state index contributed by atoms with van der Waals surface area (Å²) in [6.07, 6.45) is -7.31. The maximum Gasteiger partial charge on any atom is 0.417 e. The Morgan fingerprint density at radius 1 is 0.636 bits per heavy atom. The Balaban J connectivity index is 1.05. The zero-order valence-corrected chi connectivity index (χ0v) is 23.3. The van der Waals surface area contributed by atoms with Crippen molar-refractivity contribution in [3.8, 4) is 5.75 Å². The van der Waals surface area contributed by atoms with Gasteiger partial charge in [0.1, 0.15) is 17.4 Å². The van der Waals surface area contributed by atoms with Crippen molar-refractivity contribution in [2.24, 2.45) is 0 Å². The van der Waals surface area contributed by atoms with Crippen LogP contribution in [0.15, 0.2) is 60.9 Å². The van der Waals surface area contributed by atoms with Crippen molar-refractivity contribution in [2.45, 2.75) is 12.4 Å². The number of alkyl halides is 6. The minimum Gasteiger partial charge on any atom is -0.484 e. The summed E-state index contributed by atoms with van der Waals surface area (Å²) in [6, 6.07) is 11.0. The molecule has 2 amide bonds. The van der Waals surface area contributed by atoms with Crippen molar-refractivity contribution in [2.75, 3.05) is 68.8 Å². The summed E-state index contributed by atoms with van der Waals surface area (Å²) < 4.78 is 82.3. The van der Waals surface area contributed by atoms with Crippen molar-refractivity contribution in [1.82, 2.24) is 19.8 Å². The maximum absolute atomic E-state index is 13.0. The third-order valence-electron chi connectivity index (χ3n) is 7.46. The summed E-state index contributed by atoms with van der Waals surface area (Å²) in [5.41, 5.74) is -1.21. The first-order valence-electron chi connectivity index (χ1n) is 13.7. The second kappa shape index (κ2) is 12.6. The lowest BCUT2D eigenvalue weighted by Gasteiger charge is -2.35. The Morgan fingerprint density at radius 2 is 1.09 bits per heavy atom. The van der Waals surface area contributed by atoms with Crippen LogP contribution in [0.2, 0.25) is 0 Å². The number of nitrogens with zero attached hydrogens (tertiary/aromatic N) is 6.